The number of aromatic nitrogens is 2. The van der Waals surface area contributed by atoms with Crippen LogP contribution in [0.15, 0.2) is 35.2 Å². The van der Waals surface area contributed by atoms with Gasteiger partial charge < -0.3 is 19.5 Å². The van der Waals surface area contributed by atoms with Crippen LogP contribution in [-0.2, 0) is 12.8 Å². The lowest BCUT2D eigenvalue weighted by Crippen LogP contribution is -2.15. The second-order valence-electron chi connectivity index (χ2n) is 6.96. The van der Waals surface area contributed by atoms with Gasteiger partial charge in [-0.25, -0.2) is 0 Å². The summed E-state index contributed by atoms with van der Waals surface area (Å²) in [5.74, 6) is 1.82. The summed E-state index contributed by atoms with van der Waals surface area (Å²) in [6.07, 6.45) is 0. The van der Waals surface area contributed by atoms with Crippen molar-refractivity contribution < 1.29 is 19.0 Å². The summed E-state index contributed by atoms with van der Waals surface area (Å²) in [4.78, 5) is 14.3. The molecule has 0 bridgehead atoms. The molecule has 4 rings (SSSR count). The molecule has 156 valence electrons. The fraction of sp³-hybridized carbons (Fsp3) is 0.273. The van der Waals surface area contributed by atoms with E-state index in [2.05, 4.69) is 35.5 Å². The summed E-state index contributed by atoms with van der Waals surface area (Å²) in [6, 6.07) is 9.76. The first-order valence-corrected chi connectivity index (χ1v) is 10.4. The molecule has 1 aliphatic rings. The molecule has 0 spiro atoms. The first-order valence-electron chi connectivity index (χ1n) is 9.37. The molecule has 30 heavy (non-hydrogen) atoms. The summed E-state index contributed by atoms with van der Waals surface area (Å²) < 4.78 is 17.9. The number of nitrogens with one attached hydrogen (secondary N) is 1. The molecule has 1 aliphatic heterocycles. The number of benzene rings is 2. The van der Waals surface area contributed by atoms with Crippen molar-refractivity contribution in [1.82, 2.24) is 9.78 Å². The third kappa shape index (κ3) is 3.37. The van der Waals surface area contributed by atoms with Crippen LogP contribution in [0.4, 0.5) is 5.69 Å². The van der Waals surface area contributed by atoms with E-state index in [1.165, 1.54) is 31.8 Å². The van der Waals surface area contributed by atoms with Crippen LogP contribution in [-0.4, -0.2) is 37.0 Å². The van der Waals surface area contributed by atoms with Gasteiger partial charge in [0, 0.05) is 46.6 Å². The predicted octanol–water partition coefficient (Wildman–Crippen LogP) is 4.28. The number of nitrogens with zero attached hydrogens (tertiary/aromatic N) is 2. The lowest BCUT2D eigenvalue weighted by atomic mass is 10.0. The van der Waals surface area contributed by atoms with E-state index in [4.69, 9.17) is 14.2 Å². The van der Waals surface area contributed by atoms with Crippen molar-refractivity contribution in [1.29, 1.82) is 0 Å². The third-order valence-electron chi connectivity index (χ3n) is 5.05. The maximum Gasteiger partial charge on any atom is 0.276 e. The molecule has 1 amide bonds. The van der Waals surface area contributed by atoms with E-state index in [0.717, 1.165) is 16.8 Å². The number of carbonyl (C=O) groups is 1. The van der Waals surface area contributed by atoms with Gasteiger partial charge >= 0.3 is 0 Å². The number of amides is 1. The second-order valence-corrected chi connectivity index (χ2v) is 7.97. The molecule has 1 N–H and O–H groups in total. The van der Waals surface area contributed by atoms with E-state index in [9.17, 15) is 4.79 Å². The number of anilines is 1. The molecular weight excluding hydrogens is 402 g/mol. The van der Waals surface area contributed by atoms with E-state index < -0.39 is 0 Å². The fourth-order valence-electron chi connectivity index (χ4n) is 3.67. The Bertz CT molecular complexity index is 1110. The molecule has 7 nitrogen and oxygen atoms in total. The number of ether oxygens (including phenoxy) is 3. The monoisotopic (exact) mass is 425 g/mol. The average Bonchev–Trinajstić information content (AvgIpc) is 3.10. The molecule has 0 aliphatic carbocycles. The van der Waals surface area contributed by atoms with Gasteiger partial charge in [0.05, 0.1) is 27.0 Å². The van der Waals surface area contributed by atoms with Gasteiger partial charge in [-0.05, 0) is 19.1 Å². The molecule has 2 heterocycles. The summed E-state index contributed by atoms with van der Waals surface area (Å²) in [5, 5.41) is 7.46. The van der Waals surface area contributed by atoms with Crippen molar-refractivity contribution in [3.63, 3.8) is 0 Å². The van der Waals surface area contributed by atoms with Gasteiger partial charge in [-0.1, -0.05) is 11.6 Å². The van der Waals surface area contributed by atoms with Crippen molar-refractivity contribution in [2.24, 2.45) is 7.05 Å². The smallest absolute Gasteiger partial charge is 0.276 e. The van der Waals surface area contributed by atoms with Crippen LogP contribution >= 0.6 is 11.8 Å². The van der Waals surface area contributed by atoms with E-state index in [-0.39, 0.29) is 5.91 Å². The number of thioether (sulfide) groups is 1. The Hall–Kier alpha value is -3.13. The van der Waals surface area contributed by atoms with Gasteiger partial charge in [0.15, 0.2) is 17.2 Å². The van der Waals surface area contributed by atoms with E-state index in [1.54, 1.807) is 28.6 Å². The number of methoxy groups -OCH3 is 3. The number of hydrogen-bond donors (Lipinski definition) is 1. The molecule has 1 aromatic heterocycles. The molecule has 0 atom stereocenters. The number of hydrogen-bond acceptors (Lipinski definition) is 6. The zero-order chi connectivity index (χ0) is 21.4. The van der Waals surface area contributed by atoms with E-state index in [1.807, 2.05) is 7.05 Å². The minimum absolute atomic E-state index is 0.280. The highest BCUT2D eigenvalue weighted by atomic mass is 32.2. The number of fused-ring (bicyclic) bond motifs is 3. The summed E-state index contributed by atoms with van der Waals surface area (Å²) in [5.41, 5.74) is 5.16. The van der Waals surface area contributed by atoms with Gasteiger partial charge in [-0.15, -0.1) is 11.8 Å². The molecule has 0 saturated carbocycles. The second kappa shape index (κ2) is 7.95. The summed E-state index contributed by atoms with van der Waals surface area (Å²) >= 11 is 1.72. The maximum absolute atomic E-state index is 13.1. The van der Waals surface area contributed by atoms with Gasteiger partial charge in [0.25, 0.3) is 5.91 Å². The number of rotatable bonds is 5. The Morgan fingerprint density at radius 2 is 1.80 bits per heavy atom. The van der Waals surface area contributed by atoms with E-state index in [0.29, 0.717) is 34.4 Å². The van der Waals surface area contributed by atoms with Gasteiger partial charge in [0.1, 0.15) is 0 Å². The molecule has 3 aromatic rings. The van der Waals surface area contributed by atoms with E-state index >= 15 is 0 Å². The average molecular weight is 426 g/mol. The zero-order valence-corrected chi connectivity index (χ0v) is 18.3. The van der Waals surface area contributed by atoms with Crippen molar-refractivity contribution >= 4 is 23.4 Å². The van der Waals surface area contributed by atoms with Crippen LogP contribution in [0.2, 0.25) is 0 Å². The van der Waals surface area contributed by atoms with Crippen LogP contribution in [0.1, 0.15) is 21.6 Å². The molecule has 0 unspecified atom stereocenters. The molecule has 0 saturated heterocycles. The molecule has 2 aromatic carbocycles. The van der Waals surface area contributed by atoms with Gasteiger partial charge in [-0.2, -0.15) is 5.10 Å². The fourth-order valence-corrected chi connectivity index (χ4v) is 4.72. The number of carbonyl (C=O) groups excluding carboxylic acids is 1. The first kappa shape index (κ1) is 20.2. The van der Waals surface area contributed by atoms with Crippen LogP contribution < -0.4 is 19.5 Å². The normalized spacial score (nSPS) is 12.0. The quantitative estimate of drug-likeness (QED) is 0.658. The third-order valence-corrected chi connectivity index (χ3v) is 6.15. The Morgan fingerprint density at radius 3 is 2.43 bits per heavy atom. The highest BCUT2D eigenvalue weighted by Crippen LogP contribution is 2.43. The molecule has 8 heteroatoms. The Labute approximate surface area is 179 Å². The van der Waals surface area contributed by atoms with Crippen LogP contribution in [0.5, 0.6) is 17.2 Å². The standard InChI is InChI=1S/C22H23N3O4S/c1-12-6-7-18-14(8-12)20-15(11-30-18)19(24-25(20)2)22(26)23-13-9-16(27-3)21(29-5)17(10-13)28-4/h6-10H,11H2,1-5H3,(H,23,26). The van der Waals surface area contributed by atoms with Crippen LogP contribution in [0.3, 0.4) is 0 Å². The highest BCUT2D eigenvalue weighted by Gasteiger charge is 2.28. The first-order chi connectivity index (χ1) is 14.5. The minimum atomic E-state index is -0.280. The van der Waals surface area contributed by atoms with Crippen LogP contribution in [0.25, 0.3) is 11.3 Å². The minimum Gasteiger partial charge on any atom is -0.493 e. The van der Waals surface area contributed by atoms with Crippen molar-refractivity contribution in [2.45, 2.75) is 17.6 Å². The Morgan fingerprint density at radius 1 is 1.10 bits per heavy atom. The molecular formula is C22H23N3O4S. The molecule has 0 radical (unpaired) electrons. The highest BCUT2D eigenvalue weighted by molar-refractivity contribution is 7.98. The maximum atomic E-state index is 13.1. The summed E-state index contributed by atoms with van der Waals surface area (Å²) in [7, 11) is 6.48. The summed E-state index contributed by atoms with van der Waals surface area (Å²) in [6.45, 7) is 2.06. The Balaban J connectivity index is 1.71. The Kier molecular flexibility index (Phi) is 5.34. The molecule has 0 fully saturated rings. The van der Waals surface area contributed by atoms with Gasteiger partial charge in [0.2, 0.25) is 5.75 Å². The van der Waals surface area contributed by atoms with Gasteiger partial charge in [-0.3, -0.25) is 9.48 Å². The zero-order valence-electron chi connectivity index (χ0n) is 17.5. The lowest BCUT2D eigenvalue weighted by molar-refractivity contribution is 0.102. The SMILES string of the molecule is COc1cc(NC(=O)c2nn(C)c3c2CSc2ccc(C)cc2-3)cc(OC)c1OC. The lowest BCUT2D eigenvalue weighted by Gasteiger charge is -2.18. The van der Waals surface area contributed by atoms with Crippen molar-refractivity contribution in [2.75, 3.05) is 26.6 Å². The van der Waals surface area contributed by atoms with Crippen molar-refractivity contribution in [3.05, 3.63) is 47.2 Å². The van der Waals surface area contributed by atoms with Crippen LogP contribution in [0, 0.1) is 6.92 Å². The predicted molar refractivity (Wildman–Crippen MR) is 117 cm³/mol. The largest absolute Gasteiger partial charge is 0.493 e. The van der Waals surface area contributed by atoms with Crippen molar-refractivity contribution in [3.8, 4) is 28.5 Å². The number of aryl methyl sites for hydroxylation is 2. The topological polar surface area (TPSA) is 74.6 Å².